The van der Waals surface area contributed by atoms with E-state index in [1.165, 1.54) is 12.1 Å². The van der Waals surface area contributed by atoms with Gasteiger partial charge in [0, 0.05) is 11.5 Å². The quantitative estimate of drug-likeness (QED) is 0.816. The van der Waals surface area contributed by atoms with Gasteiger partial charge in [0.1, 0.15) is 11.6 Å². The molecule has 0 saturated heterocycles. The third-order valence-electron chi connectivity index (χ3n) is 3.34. The van der Waals surface area contributed by atoms with E-state index in [-0.39, 0.29) is 5.41 Å². The first-order chi connectivity index (χ1) is 7.03. The molecule has 1 aliphatic carbocycles. The van der Waals surface area contributed by atoms with Crippen LogP contribution in [0.25, 0.3) is 0 Å². The predicted octanol–water partition coefficient (Wildman–Crippen LogP) is 2.67. The van der Waals surface area contributed by atoms with Crippen LogP contribution in [0.5, 0.6) is 0 Å². The summed E-state index contributed by atoms with van der Waals surface area (Å²) in [4.78, 5) is 0. The molecule has 1 N–H and O–H groups in total. The van der Waals surface area contributed by atoms with Gasteiger partial charge in [-0.25, -0.2) is 8.78 Å². The monoisotopic (exact) mass is 212 g/mol. The molecule has 2 rings (SSSR count). The summed E-state index contributed by atoms with van der Waals surface area (Å²) < 4.78 is 26.0. The van der Waals surface area contributed by atoms with Crippen molar-refractivity contribution in [2.75, 3.05) is 0 Å². The maximum Gasteiger partial charge on any atom is 0.129 e. The zero-order valence-corrected chi connectivity index (χ0v) is 8.63. The maximum absolute atomic E-state index is 13.4. The van der Waals surface area contributed by atoms with Gasteiger partial charge in [-0.2, -0.15) is 0 Å². The van der Waals surface area contributed by atoms with Gasteiger partial charge >= 0.3 is 0 Å². The van der Waals surface area contributed by atoms with Crippen molar-refractivity contribution in [3.63, 3.8) is 0 Å². The van der Waals surface area contributed by atoms with Crippen LogP contribution in [0.3, 0.4) is 0 Å². The fourth-order valence-electron chi connectivity index (χ4n) is 1.95. The Hall–Kier alpha value is -0.960. The minimum Gasteiger partial charge on any atom is -0.393 e. The van der Waals surface area contributed by atoms with Gasteiger partial charge in [-0.3, -0.25) is 0 Å². The topological polar surface area (TPSA) is 20.2 Å². The summed E-state index contributed by atoms with van der Waals surface area (Å²) in [5.74, 6) is -1.07. The summed E-state index contributed by atoms with van der Waals surface area (Å²) >= 11 is 0. The van der Waals surface area contributed by atoms with E-state index in [0.29, 0.717) is 12.0 Å². The lowest BCUT2D eigenvalue weighted by Gasteiger charge is -2.18. The highest BCUT2D eigenvalue weighted by Crippen LogP contribution is 2.51. The molecule has 1 atom stereocenters. The third-order valence-corrected chi connectivity index (χ3v) is 3.34. The van der Waals surface area contributed by atoms with E-state index < -0.39 is 17.7 Å². The fraction of sp³-hybridized carbons (Fsp3) is 0.500. The fourth-order valence-corrected chi connectivity index (χ4v) is 1.95. The van der Waals surface area contributed by atoms with E-state index >= 15 is 0 Å². The molecular formula is C12H14F2O. The Morgan fingerprint density at radius 1 is 1.40 bits per heavy atom. The van der Waals surface area contributed by atoms with Gasteiger partial charge in [0.15, 0.2) is 0 Å². The number of rotatable bonds is 3. The average molecular weight is 212 g/mol. The first-order valence-corrected chi connectivity index (χ1v) is 5.15. The number of halogens is 2. The molecule has 1 aromatic carbocycles. The molecule has 1 aliphatic rings. The van der Waals surface area contributed by atoms with E-state index in [2.05, 4.69) is 0 Å². The maximum atomic E-state index is 13.4. The van der Waals surface area contributed by atoms with Crippen LogP contribution in [0.2, 0.25) is 0 Å². The molecule has 1 nitrogen and oxygen atoms in total. The molecule has 1 fully saturated rings. The number of aliphatic hydroxyl groups excluding tert-OH is 1. The molecule has 3 heteroatoms. The van der Waals surface area contributed by atoms with Crippen molar-refractivity contribution < 1.29 is 13.9 Å². The second kappa shape index (κ2) is 3.56. The molecular weight excluding hydrogens is 198 g/mol. The lowest BCUT2D eigenvalue weighted by Crippen LogP contribution is -2.21. The Kier molecular flexibility index (Phi) is 2.51. The number of aliphatic hydroxyl groups is 1. The van der Waals surface area contributed by atoms with E-state index in [9.17, 15) is 13.9 Å². The van der Waals surface area contributed by atoms with Crippen molar-refractivity contribution >= 4 is 0 Å². The highest BCUT2D eigenvalue weighted by atomic mass is 19.1. The Balaban J connectivity index is 2.18. The van der Waals surface area contributed by atoms with Crippen molar-refractivity contribution in [3.05, 3.63) is 35.4 Å². The minimum atomic E-state index is -0.557. The highest BCUT2D eigenvalue weighted by Gasteiger charge is 2.47. The molecule has 0 amide bonds. The van der Waals surface area contributed by atoms with Crippen LogP contribution in [0.1, 0.15) is 25.3 Å². The standard InChI is InChI=1S/C12H14F2O/c1-8(15)12(4-5-12)7-9-2-3-10(13)6-11(9)14/h2-3,6,8,15H,4-5,7H2,1H3. The van der Waals surface area contributed by atoms with Gasteiger partial charge in [0.2, 0.25) is 0 Å². The summed E-state index contributed by atoms with van der Waals surface area (Å²) in [6, 6.07) is 3.62. The van der Waals surface area contributed by atoms with E-state index in [1.807, 2.05) is 0 Å². The van der Waals surface area contributed by atoms with E-state index in [1.54, 1.807) is 6.92 Å². The molecule has 1 aromatic rings. The van der Waals surface area contributed by atoms with Gasteiger partial charge in [0.25, 0.3) is 0 Å². The molecule has 1 unspecified atom stereocenters. The zero-order chi connectivity index (χ0) is 11.1. The summed E-state index contributed by atoms with van der Waals surface area (Å²) in [5, 5.41) is 9.55. The van der Waals surface area contributed by atoms with Crippen LogP contribution in [0.15, 0.2) is 18.2 Å². The Bertz CT molecular complexity index is 370. The lowest BCUT2D eigenvalue weighted by atomic mass is 9.91. The Morgan fingerprint density at radius 3 is 2.53 bits per heavy atom. The minimum absolute atomic E-state index is 0.168. The third kappa shape index (κ3) is 2.02. The van der Waals surface area contributed by atoms with E-state index in [0.717, 1.165) is 18.9 Å². The molecule has 0 aliphatic heterocycles. The highest BCUT2D eigenvalue weighted by molar-refractivity contribution is 5.22. The van der Waals surface area contributed by atoms with Crippen LogP contribution in [0, 0.1) is 17.0 Å². The summed E-state index contributed by atoms with van der Waals surface area (Å²) in [5.41, 5.74) is 0.327. The van der Waals surface area contributed by atoms with Gasteiger partial charge in [-0.05, 0) is 37.8 Å². The van der Waals surface area contributed by atoms with E-state index in [4.69, 9.17) is 0 Å². The number of hydrogen-bond donors (Lipinski definition) is 1. The molecule has 0 radical (unpaired) electrons. The lowest BCUT2D eigenvalue weighted by molar-refractivity contribution is 0.110. The first kappa shape index (κ1) is 10.6. The van der Waals surface area contributed by atoms with Crippen LogP contribution in [-0.2, 0) is 6.42 Å². The second-order valence-corrected chi connectivity index (χ2v) is 4.45. The van der Waals surface area contributed by atoms with Gasteiger partial charge in [-0.1, -0.05) is 6.07 Å². The predicted molar refractivity (Wildman–Crippen MR) is 53.4 cm³/mol. The SMILES string of the molecule is CC(O)C1(Cc2ccc(F)cc2F)CC1. The van der Waals surface area contributed by atoms with Gasteiger partial charge < -0.3 is 5.11 Å². The Labute approximate surface area is 87.7 Å². The van der Waals surface area contributed by atoms with Crippen molar-refractivity contribution in [2.45, 2.75) is 32.3 Å². The second-order valence-electron chi connectivity index (χ2n) is 4.45. The molecule has 0 bridgehead atoms. The van der Waals surface area contributed by atoms with Crippen LogP contribution < -0.4 is 0 Å². The molecule has 15 heavy (non-hydrogen) atoms. The largest absolute Gasteiger partial charge is 0.393 e. The summed E-state index contributed by atoms with van der Waals surface area (Å²) in [6.07, 6.45) is 1.90. The van der Waals surface area contributed by atoms with Gasteiger partial charge in [0.05, 0.1) is 6.10 Å². The normalized spacial score (nSPS) is 20.0. The zero-order valence-electron chi connectivity index (χ0n) is 8.63. The molecule has 0 aromatic heterocycles. The van der Waals surface area contributed by atoms with Gasteiger partial charge in [-0.15, -0.1) is 0 Å². The summed E-state index contributed by atoms with van der Waals surface area (Å²) in [6.45, 7) is 1.73. The molecule has 0 spiro atoms. The van der Waals surface area contributed by atoms with Crippen molar-refractivity contribution in [2.24, 2.45) is 5.41 Å². The Morgan fingerprint density at radius 2 is 2.07 bits per heavy atom. The molecule has 82 valence electrons. The van der Waals surface area contributed by atoms with Crippen molar-refractivity contribution in [1.29, 1.82) is 0 Å². The van der Waals surface area contributed by atoms with Crippen molar-refractivity contribution in [3.8, 4) is 0 Å². The average Bonchev–Trinajstić information content (AvgIpc) is 2.91. The molecule has 1 saturated carbocycles. The van der Waals surface area contributed by atoms with Crippen LogP contribution in [-0.4, -0.2) is 11.2 Å². The molecule has 0 heterocycles. The first-order valence-electron chi connectivity index (χ1n) is 5.15. The van der Waals surface area contributed by atoms with Crippen LogP contribution in [0.4, 0.5) is 8.78 Å². The summed E-state index contributed by atoms with van der Waals surface area (Å²) in [7, 11) is 0. The van der Waals surface area contributed by atoms with Crippen molar-refractivity contribution in [1.82, 2.24) is 0 Å². The smallest absolute Gasteiger partial charge is 0.129 e. The number of hydrogen-bond acceptors (Lipinski definition) is 1. The van der Waals surface area contributed by atoms with Crippen LogP contribution >= 0.6 is 0 Å². The number of benzene rings is 1.